The van der Waals surface area contributed by atoms with Gasteiger partial charge in [-0.3, -0.25) is 0 Å². The smallest absolute Gasteiger partial charge is 0.0233 e. The minimum atomic E-state index is 0.804. The lowest BCUT2D eigenvalue weighted by molar-refractivity contribution is 0.365. The number of rotatable bonds is 0. The van der Waals surface area contributed by atoms with Crippen molar-refractivity contribution in [2.45, 2.75) is 31.3 Å². The second kappa shape index (κ2) is 2.27. The van der Waals surface area contributed by atoms with E-state index in [0.29, 0.717) is 0 Å². The molecule has 0 aromatic heterocycles. The van der Waals surface area contributed by atoms with Gasteiger partial charge >= 0.3 is 0 Å². The van der Waals surface area contributed by atoms with Gasteiger partial charge < -0.3 is 10.6 Å². The summed E-state index contributed by atoms with van der Waals surface area (Å²) in [6.07, 6.45) is 4.08. The maximum atomic E-state index is 3.52. The molecule has 2 rings (SSSR count). The van der Waals surface area contributed by atoms with E-state index in [1.165, 1.54) is 32.4 Å². The molecule has 0 radical (unpaired) electrons. The van der Waals surface area contributed by atoms with E-state index in [1.54, 1.807) is 0 Å². The van der Waals surface area contributed by atoms with Crippen LogP contribution in [0.2, 0.25) is 0 Å². The molecule has 2 saturated heterocycles. The predicted octanol–water partition coefficient (Wildman–Crippen LogP) is 0.100. The van der Waals surface area contributed by atoms with Crippen LogP contribution in [0.15, 0.2) is 0 Å². The molecule has 52 valence electrons. The third-order valence-electron chi connectivity index (χ3n) is 2.45. The lowest BCUT2D eigenvalue weighted by atomic mass is 10.0. The summed E-state index contributed by atoms with van der Waals surface area (Å²) in [4.78, 5) is 0. The van der Waals surface area contributed by atoms with Gasteiger partial charge in [0, 0.05) is 12.1 Å². The standard InChI is InChI=1S/C7H14N2/c1-2-6-7(8-4-1)3-5-9-6/h6-9H,1-5H2/t6-,7-/m0/s1. The van der Waals surface area contributed by atoms with Crippen LogP contribution in [0.1, 0.15) is 19.3 Å². The Labute approximate surface area is 56.0 Å². The third-order valence-corrected chi connectivity index (χ3v) is 2.45. The lowest BCUT2D eigenvalue weighted by Gasteiger charge is -2.25. The highest BCUT2D eigenvalue weighted by Gasteiger charge is 2.28. The van der Waals surface area contributed by atoms with Crippen LogP contribution in [0.4, 0.5) is 0 Å². The zero-order chi connectivity index (χ0) is 6.10. The van der Waals surface area contributed by atoms with Crippen LogP contribution in [0, 0.1) is 0 Å². The molecule has 2 fully saturated rings. The van der Waals surface area contributed by atoms with Crippen LogP contribution in [-0.2, 0) is 0 Å². The Balaban J connectivity index is 1.97. The molecular weight excluding hydrogens is 112 g/mol. The monoisotopic (exact) mass is 126 g/mol. The van der Waals surface area contributed by atoms with Gasteiger partial charge in [0.2, 0.25) is 0 Å². The van der Waals surface area contributed by atoms with Gasteiger partial charge in [-0.1, -0.05) is 0 Å². The Morgan fingerprint density at radius 2 is 1.67 bits per heavy atom. The fourth-order valence-corrected chi connectivity index (χ4v) is 1.92. The highest BCUT2D eigenvalue weighted by atomic mass is 15.1. The molecule has 0 spiro atoms. The van der Waals surface area contributed by atoms with Gasteiger partial charge in [0.1, 0.15) is 0 Å². The highest BCUT2D eigenvalue weighted by molar-refractivity contribution is 4.91. The van der Waals surface area contributed by atoms with Crippen molar-refractivity contribution in [3.8, 4) is 0 Å². The number of hydrogen-bond acceptors (Lipinski definition) is 2. The molecule has 2 heterocycles. The number of fused-ring (bicyclic) bond motifs is 1. The molecule has 0 amide bonds. The summed E-state index contributed by atoms with van der Waals surface area (Å²) >= 11 is 0. The fourth-order valence-electron chi connectivity index (χ4n) is 1.92. The molecule has 2 atom stereocenters. The molecule has 0 aliphatic carbocycles. The Morgan fingerprint density at radius 1 is 0.889 bits per heavy atom. The SMILES string of the molecule is C1CN[C@H]2CCN[C@H]2C1. The van der Waals surface area contributed by atoms with E-state index >= 15 is 0 Å². The van der Waals surface area contributed by atoms with E-state index in [0.717, 1.165) is 12.1 Å². The normalized spacial score (nSPS) is 42.7. The average Bonchev–Trinajstić information content (AvgIpc) is 2.33. The molecule has 0 saturated carbocycles. The van der Waals surface area contributed by atoms with Crippen molar-refractivity contribution < 1.29 is 0 Å². The minimum absolute atomic E-state index is 0.804. The fraction of sp³-hybridized carbons (Fsp3) is 1.00. The molecule has 0 aromatic carbocycles. The first-order valence-corrected chi connectivity index (χ1v) is 3.93. The molecule has 2 aliphatic rings. The Hall–Kier alpha value is -0.0800. The zero-order valence-electron chi connectivity index (χ0n) is 5.69. The molecule has 0 bridgehead atoms. The first-order valence-electron chi connectivity index (χ1n) is 3.93. The van der Waals surface area contributed by atoms with Crippen molar-refractivity contribution in [2.24, 2.45) is 0 Å². The van der Waals surface area contributed by atoms with Gasteiger partial charge in [-0.25, -0.2) is 0 Å². The van der Waals surface area contributed by atoms with E-state index in [2.05, 4.69) is 10.6 Å². The summed E-state index contributed by atoms with van der Waals surface area (Å²) in [5.74, 6) is 0. The van der Waals surface area contributed by atoms with Crippen LogP contribution in [0.3, 0.4) is 0 Å². The van der Waals surface area contributed by atoms with Crippen molar-refractivity contribution in [3.05, 3.63) is 0 Å². The predicted molar refractivity (Wildman–Crippen MR) is 37.4 cm³/mol. The second-order valence-electron chi connectivity index (χ2n) is 3.05. The van der Waals surface area contributed by atoms with Crippen LogP contribution in [0.25, 0.3) is 0 Å². The zero-order valence-corrected chi connectivity index (χ0v) is 5.69. The molecule has 2 nitrogen and oxygen atoms in total. The van der Waals surface area contributed by atoms with Crippen LogP contribution >= 0.6 is 0 Å². The quantitative estimate of drug-likeness (QED) is 0.481. The number of nitrogens with one attached hydrogen (secondary N) is 2. The Morgan fingerprint density at radius 3 is 2.56 bits per heavy atom. The van der Waals surface area contributed by atoms with Gasteiger partial charge in [0.15, 0.2) is 0 Å². The van der Waals surface area contributed by atoms with Gasteiger partial charge in [-0.15, -0.1) is 0 Å². The largest absolute Gasteiger partial charge is 0.312 e. The molecule has 2 heteroatoms. The maximum Gasteiger partial charge on any atom is 0.0233 e. The topological polar surface area (TPSA) is 24.1 Å². The van der Waals surface area contributed by atoms with E-state index in [1.807, 2.05) is 0 Å². The summed E-state index contributed by atoms with van der Waals surface area (Å²) in [7, 11) is 0. The number of hydrogen-bond donors (Lipinski definition) is 2. The van der Waals surface area contributed by atoms with E-state index in [4.69, 9.17) is 0 Å². The first kappa shape index (κ1) is 5.69. The van der Waals surface area contributed by atoms with Crippen molar-refractivity contribution in [2.75, 3.05) is 13.1 Å². The summed E-state index contributed by atoms with van der Waals surface area (Å²) in [5.41, 5.74) is 0. The molecular formula is C7H14N2. The third kappa shape index (κ3) is 0.970. The summed E-state index contributed by atoms with van der Waals surface area (Å²) in [5, 5.41) is 7.01. The van der Waals surface area contributed by atoms with Crippen LogP contribution in [0.5, 0.6) is 0 Å². The maximum absolute atomic E-state index is 3.52. The molecule has 9 heavy (non-hydrogen) atoms. The molecule has 0 aromatic rings. The van der Waals surface area contributed by atoms with Gasteiger partial charge in [0.05, 0.1) is 0 Å². The Bertz CT molecular complexity index is 91.1. The van der Waals surface area contributed by atoms with E-state index in [9.17, 15) is 0 Å². The second-order valence-corrected chi connectivity index (χ2v) is 3.05. The van der Waals surface area contributed by atoms with Crippen molar-refractivity contribution in [3.63, 3.8) is 0 Å². The van der Waals surface area contributed by atoms with Crippen LogP contribution < -0.4 is 10.6 Å². The summed E-state index contributed by atoms with van der Waals surface area (Å²) < 4.78 is 0. The van der Waals surface area contributed by atoms with Crippen molar-refractivity contribution in [1.82, 2.24) is 10.6 Å². The van der Waals surface area contributed by atoms with Crippen molar-refractivity contribution >= 4 is 0 Å². The highest BCUT2D eigenvalue weighted by Crippen LogP contribution is 2.15. The van der Waals surface area contributed by atoms with E-state index < -0.39 is 0 Å². The van der Waals surface area contributed by atoms with E-state index in [-0.39, 0.29) is 0 Å². The minimum Gasteiger partial charge on any atom is -0.312 e. The van der Waals surface area contributed by atoms with Crippen molar-refractivity contribution in [1.29, 1.82) is 0 Å². The summed E-state index contributed by atoms with van der Waals surface area (Å²) in [6.45, 7) is 2.46. The van der Waals surface area contributed by atoms with Gasteiger partial charge in [-0.05, 0) is 32.4 Å². The van der Waals surface area contributed by atoms with Gasteiger partial charge in [0.25, 0.3) is 0 Å². The molecule has 2 aliphatic heterocycles. The average molecular weight is 126 g/mol. The lowest BCUT2D eigenvalue weighted by Crippen LogP contribution is -2.45. The van der Waals surface area contributed by atoms with Gasteiger partial charge in [-0.2, -0.15) is 0 Å². The number of piperidine rings is 1. The Kier molecular flexibility index (Phi) is 1.44. The van der Waals surface area contributed by atoms with Crippen LogP contribution in [-0.4, -0.2) is 25.2 Å². The summed E-state index contributed by atoms with van der Waals surface area (Å²) in [6, 6.07) is 1.61. The first-order chi connectivity index (χ1) is 4.47. The molecule has 0 unspecified atom stereocenters. The molecule has 2 N–H and O–H groups in total.